The van der Waals surface area contributed by atoms with Gasteiger partial charge < -0.3 is 19.9 Å². The van der Waals surface area contributed by atoms with Crippen molar-refractivity contribution in [3.8, 4) is 0 Å². The summed E-state index contributed by atoms with van der Waals surface area (Å²) in [5.41, 5.74) is 0.997. The Labute approximate surface area is 103 Å². The summed E-state index contributed by atoms with van der Waals surface area (Å²) in [6.07, 6.45) is -0.513. The standard InChI is InChI=1S/C13H21NO3/c1-11(9-16-2)17-10-13(15)8-14-12-6-4-3-5-7-12/h3-7,11,13-15H,8-10H2,1-2H3. The summed E-state index contributed by atoms with van der Waals surface area (Å²) in [4.78, 5) is 0. The molecule has 96 valence electrons. The highest BCUT2D eigenvalue weighted by Gasteiger charge is 2.07. The lowest BCUT2D eigenvalue weighted by molar-refractivity contribution is -0.0282. The first-order chi connectivity index (χ1) is 8.22. The number of aliphatic hydroxyl groups excluding tert-OH is 1. The third-order valence-electron chi connectivity index (χ3n) is 2.29. The molecule has 1 aromatic carbocycles. The van der Waals surface area contributed by atoms with Crippen molar-refractivity contribution in [1.82, 2.24) is 0 Å². The maximum atomic E-state index is 9.70. The monoisotopic (exact) mass is 239 g/mol. The molecule has 0 aromatic heterocycles. The molecule has 0 saturated carbocycles. The van der Waals surface area contributed by atoms with Gasteiger partial charge in [-0.15, -0.1) is 0 Å². The number of para-hydroxylation sites is 1. The van der Waals surface area contributed by atoms with E-state index >= 15 is 0 Å². The Morgan fingerprint density at radius 3 is 2.59 bits per heavy atom. The number of anilines is 1. The van der Waals surface area contributed by atoms with Crippen molar-refractivity contribution in [1.29, 1.82) is 0 Å². The van der Waals surface area contributed by atoms with Crippen LogP contribution in [0.15, 0.2) is 30.3 Å². The van der Waals surface area contributed by atoms with Gasteiger partial charge in [0.05, 0.1) is 25.4 Å². The first kappa shape index (κ1) is 14.0. The highest BCUT2D eigenvalue weighted by Crippen LogP contribution is 2.05. The molecule has 4 nitrogen and oxygen atoms in total. The normalized spacial score (nSPS) is 14.3. The average Bonchev–Trinajstić information content (AvgIpc) is 2.35. The lowest BCUT2D eigenvalue weighted by atomic mass is 10.3. The van der Waals surface area contributed by atoms with Crippen molar-refractivity contribution in [2.45, 2.75) is 19.1 Å². The predicted octanol–water partition coefficient (Wildman–Crippen LogP) is 1.51. The molecular formula is C13H21NO3. The van der Waals surface area contributed by atoms with Crippen LogP contribution in [0.4, 0.5) is 5.69 Å². The lowest BCUT2D eigenvalue weighted by Crippen LogP contribution is -2.28. The van der Waals surface area contributed by atoms with E-state index in [0.717, 1.165) is 5.69 Å². The second-order valence-corrected chi connectivity index (χ2v) is 4.00. The van der Waals surface area contributed by atoms with Crippen LogP contribution >= 0.6 is 0 Å². The number of benzene rings is 1. The number of hydrogen-bond donors (Lipinski definition) is 2. The van der Waals surface area contributed by atoms with E-state index in [9.17, 15) is 5.11 Å². The summed E-state index contributed by atoms with van der Waals surface area (Å²) in [5.74, 6) is 0. The molecule has 1 aromatic rings. The summed E-state index contributed by atoms with van der Waals surface area (Å²) < 4.78 is 10.4. The van der Waals surface area contributed by atoms with Gasteiger partial charge in [-0.1, -0.05) is 18.2 Å². The molecule has 4 heteroatoms. The maximum Gasteiger partial charge on any atom is 0.0945 e. The zero-order chi connectivity index (χ0) is 12.5. The summed E-state index contributed by atoms with van der Waals surface area (Å²) in [6.45, 7) is 3.24. The minimum atomic E-state index is -0.519. The molecule has 0 spiro atoms. The van der Waals surface area contributed by atoms with Crippen molar-refractivity contribution in [2.24, 2.45) is 0 Å². The van der Waals surface area contributed by atoms with Crippen LogP contribution < -0.4 is 5.32 Å². The summed E-state index contributed by atoms with van der Waals surface area (Å²) in [6, 6.07) is 9.77. The maximum absolute atomic E-state index is 9.70. The van der Waals surface area contributed by atoms with Crippen molar-refractivity contribution in [3.63, 3.8) is 0 Å². The van der Waals surface area contributed by atoms with Crippen molar-refractivity contribution < 1.29 is 14.6 Å². The number of aliphatic hydroxyl groups is 1. The minimum absolute atomic E-state index is 0.00590. The minimum Gasteiger partial charge on any atom is -0.389 e. The van der Waals surface area contributed by atoms with E-state index in [4.69, 9.17) is 9.47 Å². The van der Waals surface area contributed by atoms with Gasteiger partial charge in [-0.25, -0.2) is 0 Å². The van der Waals surface area contributed by atoms with Gasteiger partial charge >= 0.3 is 0 Å². The van der Waals surface area contributed by atoms with Gasteiger partial charge in [0, 0.05) is 19.3 Å². The molecule has 2 N–H and O–H groups in total. The van der Waals surface area contributed by atoms with E-state index in [1.807, 2.05) is 37.3 Å². The summed E-state index contributed by atoms with van der Waals surface area (Å²) >= 11 is 0. The molecule has 0 bridgehead atoms. The van der Waals surface area contributed by atoms with Crippen molar-refractivity contribution >= 4 is 5.69 Å². The Morgan fingerprint density at radius 2 is 1.94 bits per heavy atom. The van der Waals surface area contributed by atoms with Gasteiger partial charge in [-0.2, -0.15) is 0 Å². The predicted molar refractivity (Wildman–Crippen MR) is 68.2 cm³/mol. The van der Waals surface area contributed by atoms with Gasteiger partial charge in [0.1, 0.15) is 0 Å². The molecule has 0 amide bonds. The second kappa shape index (κ2) is 8.06. The Bertz CT molecular complexity index is 292. The molecule has 2 unspecified atom stereocenters. The number of hydrogen-bond acceptors (Lipinski definition) is 4. The van der Waals surface area contributed by atoms with E-state index < -0.39 is 6.10 Å². The molecule has 0 aliphatic heterocycles. The Kier molecular flexibility index (Phi) is 6.62. The third kappa shape index (κ3) is 6.26. The topological polar surface area (TPSA) is 50.7 Å². The smallest absolute Gasteiger partial charge is 0.0945 e. The fourth-order valence-electron chi connectivity index (χ4n) is 1.41. The molecule has 2 atom stereocenters. The molecule has 0 fully saturated rings. The van der Waals surface area contributed by atoms with Crippen molar-refractivity contribution in [3.05, 3.63) is 30.3 Å². The molecule has 0 aliphatic carbocycles. The molecule has 0 saturated heterocycles. The summed E-state index contributed by atoms with van der Waals surface area (Å²) in [5, 5.41) is 12.8. The number of nitrogens with one attached hydrogen (secondary N) is 1. The van der Waals surface area contributed by atoms with Crippen LogP contribution in [0.3, 0.4) is 0 Å². The Balaban J connectivity index is 2.15. The number of methoxy groups -OCH3 is 1. The summed E-state index contributed by atoms with van der Waals surface area (Å²) in [7, 11) is 1.63. The number of ether oxygens (including phenoxy) is 2. The second-order valence-electron chi connectivity index (χ2n) is 4.00. The van der Waals surface area contributed by atoms with Crippen LogP contribution in [0.1, 0.15) is 6.92 Å². The third-order valence-corrected chi connectivity index (χ3v) is 2.29. The van der Waals surface area contributed by atoms with Gasteiger partial charge in [0.2, 0.25) is 0 Å². The molecular weight excluding hydrogens is 218 g/mol. The van der Waals surface area contributed by atoms with Crippen LogP contribution in [0.25, 0.3) is 0 Å². The first-order valence-electron chi connectivity index (χ1n) is 5.80. The van der Waals surface area contributed by atoms with E-state index in [1.165, 1.54) is 0 Å². The number of rotatable bonds is 8. The quantitative estimate of drug-likeness (QED) is 0.722. The Hall–Kier alpha value is -1.10. The highest BCUT2D eigenvalue weighted by atomic mass is 16.5. The lowest BCUT2D eigenvalue weighted by Gasteiger charge is -2.16. The van der Waals surface area contributed by atoms with Crippen LogP contribution in [0.2, 0.25) is 0 Å². The molecule has 0 radical (unpaired) electrons. The Morgan fingerprint density at radius 1 is 1.24 bits per heavy atom. The van der Waals surface area contributed by atoms with Crippen LogP contribution in [0, 0.1) is 0 Å². The van der Waals surface area contributed by atoms with Gasteiger partial charge in [-0.3, -0.25) is 0 Å². The molecule has 1 rings (SSSR count). The van der Waals surface area contributed by atoms with Crippen molar-refractivity contribution in [2.75, 3.05) is 32.2 Å². The van der Waals surface area contributed by atoms with E-state index in [1.54, 1.807) is 7.11 Å². The zero-order valence-electron chi connectivity index (χ0n) is 10.4. The van der Waals surface area contributed by atoms with Crippen LogP contribution in [-0.2, 0) is 9.47 Å². The van der Waals surface area contributed by atoms with Gasteiger partial charge in [0.15, 0.2) is 0 Å². The molecule has 0 aliphatic rings. The van der Waals surface area contributed by atoms with E-state index in [2.05, 4.69) is 5.32 Å². The highest BCUT2D eigenvalue weighted by molar-refractivity contribution is 5.42. The van der Waals surface area contributed by atoms with Gasteiger partial charge in [-0.05, 0) is 19.1 Å². The van der Waals surface area contributed by atoms with Gasteiger partial charge in [0.25, 0.3) is 0 Å². The molecule has 17 heavy (non-hydrogen) atoms. The fraction of sp³-hybridized carbons (Fsp3) is 0.538. The fourth-order valence-corrected chi connectivity index (χ4v) is 1.41. The SMILES string of the molecule is COCC(C)OCC(O)CNc1ccccc1. The zero-order valence-corrected chi connectivity index (χ0v) is 10.4. The van der Waals surface area contributed by atoms with Crippen LogP contribution in [0.5, 0.6) is 0 Å². The first-order valence-corrected chi connectivity index (χ1v) is 5.80. The molecule has 0 heterocycles. The average molecular weight is 239 g/mol. The largest absolute Gasteiger partial charge is 0.389 e. The van der Waals surface area contributed by atoms with E-state index in [0.29, 0.717) is 19.8 Å². The van der Waals surface area contributed by atoms with Crippen LogP contribution in [-0.4, -0.2) is 44.2 Å². The van der Waals surface area contributed by atoms with E-state index in [-0.39, 0.29) is 6.10 Å².